The summed E-state index contributed by atoms with van der Waals surface area (Å²) in [4.78, 5) is 10.4. The average Bonchev–Trinajstić information content (AvgIpc) is 2.07. The van der Waals surface area contributed by atoms with Crippen LogP contribution in [0.25, 0.3) is 0 Å². The third kappa shape index (κ3) is 1.79. The van der Waals surface area contributed by atoms with E-state index < -0.39 is 36.7 Å². The summed E-state index contributed by atoms with van der Waals surface area (Å²) in [6.45, 7) is 0. The number of ether oxygens (including phenoxy) is 1. The van der Waals surface area contributed by atoms with Gasteiger partial charge in [0.25, 0.3) is 0 Å². The molecule has 1 rings (SSSR count). The first-order valence-corrected chi connectivity index (χ1v) is 3.55. The van der Waals surface area contributed by atoms with Gasteiger partial charge in [0.05, 0.1) is 0 Å². The average molecular weight is 194 g/mol. The fraction of sp³-hybridized carbons (Fsp3) is 0.833. The summed E-state index contributed by atoms with van der Waals surface area (Å²) < 4.78 is 4.34. The van der Waals surface area contributed by atoms with Crippen molar-refractivity contribution in [1.82, 2.24) is 0 Å². The Kier molecular flexibility index (Phi) is 2.84. The van der Waals surface area contributed by atoms with Crippen molar-refractivity contribution in [1.29, 1.82) is 0 Å². The minimum atomic E-state index is -1.81. The van der Waals surface area contributed by atoms with Gasteiger partial charge in [0.1, 0.15) is 18.3 Å². The Balaban J connectivity index is 2.76. The molecule has 1 aliphatic heterocycles. The maximum absolute atomic E-state index is 10.4. The highest BCUT2D eigenvalue weighted by Gasteiger charge is 2.46. The smallest absolute Gasteiger partial charge is 0.335 e. The van der Waals surface area contributed by atoms with Gasteiger partial charge in [-0.05, 0) is 0 Å². The van der Waals surface area contributed by atoms with E-state index in [1.54, 1.807) is 0 Å². The first kappa shape index (κ1) is 10.4. The summed E-state index contributed by atoms with van der Waals surface area (Å²) in [5.74, 6) is -1.52. The van der Waals surface area contributed by atoms with Crippen LogP contribution in [0.4, 0.5) is 0 Å². The van der Waals surface area contributed by atoms with Crippen molar-refractivity contribution in [3.63, 3.8) is 0 Å². The molecule has 1 fully saturated rings. The standard InChI is InChI=1S/C6H10O7/c7-1-2(8)4(5(10)11)13-6(12)3(1)9/h1-4,6-9,12H,(H,10,11)/t1?,2-,3-,4-,6+/m0/s1. The van der Waals surface area contributed by atoms with Gasteiger partial charge in [-0.1, -0.05) is 0 Å². The molecule has 0 aromatic carbocycles. The number of carboxylic acids is 1. The zero-order valence-corrected chi connectivity index (χ0v) is 6.44. The van der Waals surface area contributed by atoms with E-state index in [0.29, 0.717) is 0 Å². The minimum Gasteiger partial charge on any atom is -0.479 e. The quantitative estimate of drug-likeness (QED) is 0.298. The molecule has 1 unspecified atom stereocenters. The van der Waals surface area contributed by atoms with Crippen molar-refractivity contribution in [3.8, 4) is 0 Å². The molecule has 13 heavy (non-hydrogen) atoms. The lowest BCUT2D eigenvalue weighted by Gasteiger charge is -2.36. The van der Waals surface area contributed by atoms with Crippen LogP contribution < -0.4 is 0 Å². The van der Waals surface area contributed by atoms with Crippen LogP contribution in [0.3, 0.4) is 0 Å². The van der Waals surface area contributed by atoms with Crippen LogP contribution >= 0.6 is 0 Å². The van der Waals surface area contributed by atoms with Gasteiger partial charge >= 0.3 is 5.97 Å². The molecular formula is C6H10O7. The van der Waals surface area contributed by atoms with E-state index >= 15 is 0 Å². The lowest BCUT2D eigenvalue weighted by atomic mass is 9.99. The van der Waals surface area contributed by atoms with Gasteiger partial charge in [0.15, 0.2) is 12.4 Å². The van der Waals surface area contributed by atoms with Crippen molar-refractivity contribution in [2.24, 2.45) is 0 Å². The molecule has 0 bridgehead atoms. The SMILES string of the molecule is O=C(O)[C@H]1O[C@@H](O)[C@@H](O)C(O)[C@@H]1O. The number of carboxylic acid groups (broad SMARTS) is 1. The van der Waals surface area contributed by atoms with Crippen molar-refractivity contribution in [3.05, 3.63) is 0 Å². The summed E-state index contributed by atoms with van der Waals surface area (Å²) >= 11 is 0. The molecule has 0 radical (unpaired) electrons. The molecule has 0 saturated carbocycles. The molecule has 5 N–H and O–H groups in total. The van der Waals surface area contributed by atoms with E-state index in [1.807, 2.05) is 0 Å². The number of aliphatic hydroxyl groups excluding tert-OH is 4. The Labute approximate surface area is 72.8 Å². The number of hydrogen-bond donors (Lipinski definition) is 5. The fourth-order valence-electron chi connectivity index (χ4n) is 1.07. The Hall–Kier alpha value is -0.730. The third-order valence-electron chi connectivity index (χ3n) is 1.83. The zero-order valence-electron chi connectivity index (χ0n) is 6.44. The Morgan fingerprint density at radius 2 is 1.54 bits per heavy atom. The Morgan fingerprint density at radius 1 is 1.00 bits per heavy atom. The molecular weight excluding hydrogens is 184 g/mol. The molecule has 1 aliphatic rings. The molecule has 0 spiro atoms. The first-order chi connectivity index (χ1) is 5.95. The van der Waals surface area contributed by atoms with Gasteiger partial charge in [-0.2, -0.15) is 0 Å². The predicted molar refractivity (Wildman–Crippen MR) is 36.5 cm³/mol. The van der Waals surface area contributed by atoms with Crippen molar-refractivity contribution < 1.29 is 35.1 Å². The zero-order chi connectivity index (χ0) is 10.2. The van der Waals surface area contributed by atoms with Gasteiger partial charge in [-0.3, -0.25) is 0 Å². The van der Waals surface area contributed by atoms with Crippen LogP contribution in [-0.4, -0.2) is 62.2 Å². The molecule has 1 heterocycles. The molecule has 5 atom stereocenters. The van der Waals surface area contributed by atoms with E-state index in [0.717, 1.165) is 0 Å². The highest BCUT2D eigenvalue weighted by atomic mass is 16.6. The van der Waals surface area contributed by atoms with E-state index in [2.05, 4.69) is 4.74 Å². The van der Waals surface area contributed by atoms with Crippen LogP contribution in [0.2, 0.25) is 0 Å². The molecule has 7 nitrogen and oxygen atoms in total. The van der Waals surface area contributed by atoms with Gasteiger partial charge in [-0.25, -0.2) is 4.79 Å². The summed E-state index contributed by atoms with van der Waals surface area (Å²) in [5, 5.41) is 44.4. The number of carbonyl (C=O) groups is 1. The summed E-state index contributed by atoms with van der Waals surface area (Å²) in [5.41, 5.74) is 0. The second kappa shape index (κ2) is 3.56. The topological polar surface area (TPSA) is 127 Å². The second-order valence-electron chi connectivity index (χ2n) is 2.76. The number of aliphatic hydroxyl groups is 4. The van der Waals surface area contributed by atoms with Crippen LogP contribution in [-0.2, 0) is 9.53 Å². The van der Waals surface area contributed by atoms with Crippen LogP contribution in [0.5, 0.6) is 0 Å². The van der Waals surface area contributed by atoms with E-state index in [-0.39, 0.29) is 0 Å². The highest BCUT2D eigenvalue weighted by molar-refractivity contribution is 5.73. The van der Waals surface area contributed by atoms with Gasteiger partial charge in [0.2, 0.25) is 0 Å². The van der Waals surface area contributed by atoms with Gasteiger partial charge in [0, 0.05) is 0 Å². The molecule has 0 amide bonds. The molecule has 0 aromatic rings. The number of rotatable bonds is 1. The molecule has 7 heteroatoms. The highest BCUT2D eigenvalue weighted by Crippen LogP contribution is 2.19. The summed E-state index contributed by atoms with van der Waals surface area (Å²) in [6, 6.07) is 0. The Morgan fingerprint density at radius 3 is 2.00 bits per heavy atom. The van der Waals surface area contributed by atoms with Crippen molar-refractivity contribution in [2.45, 2.75) is 30.7 Å². The maximum atomic E-state index is 10.4. The van der Waals surface area contributed by atoms with E-state index in [9.17, 15) is 4.79 Å². The molecule has 76 valence electrons. The lowest BCUT2D eigenvalue weighted by Crippen LogP contribution is -2.59. The first-order valence-electron chi connectivity index (χ1n) is 3.55. The van der Waals surface area contributed by atoms with Crippen molar-refractivity contribution >= 4 is 5.97 Å². The van der Waals surface area contributed by atoms with Crippen LogP contribution in [0.15, 0.2) is 0 Å². The van der Waals surface area contributed by atoms with E-state index in [1.165, 1.54) is 0 Å². The largest absolute Gasteiger partial charge is 0.479 e. The predicted octanol–water partition coefficient (Wildman–Crippen LogP) is -3.13. The number of aliphatic carboxylic acids is 1. The molecule has 1 saturated heterocycles. The van der Waals surface area contributed by atoms with Gasteiger partial charge in [-0.15, -0.1) is 0 Å². The van der Waals surface area contributed by atoms with Crippen LogP contribution in [0, 0.1) is 0 Å². The van der Waals surface area contributed by atoms with Gasteiger partial charge < -0.3 is 30.3 Å². The second-order valence-corrected chi connectivity index (χ2v) is 2.76. The Bertz CT molecular complexity index is 205. The van der Waals surface area contributed by atoms with Crippen molar-refractivity contribution in [2.75, 3.05) is 0 Å². The number of hydrogen-bond acceptors (Lipinski definition) is 6. The maximum Gasteiger partial charge on any atom is 0.335 e. The minimum absolute atomic E-state index is 1.52. The van der Waals surface area contributed by atoms with Crippen LogP contribution in [0.1, 0.15) is 0 Å². The fourth-order valence-corrected chi connectivity index (χ4v) is 1.07. The normalized spacial score (nSPS) is 46.0. The molecule has 0 aliphatic carbocycles. The third-order valence-corrected chi connectivity index (χ3v) is 1.83. The monoisotopic (exact) mass is 194 g/mol. The van der Waals surface area contributed by atoms with E-state index in [4.69, 9.17) is 25.5 Å². The summed E-state index contributed by atoms with van der Waals surface area (Å²) in [6.07, 6.45) is -8.72. The summed E-state index contributed by atoms with van der Waals surface area (Å²) in [7, 11) is 0. The molecule has 0 aromatic heterocycles. The lowest BCUT2D eigenvalue weighted by molar-refractivity contribution is -0.279.